The molecule has 0 fully saturated rings. The second kappa shape index (κ2) is 6.17. The van der Waals surface area contributed by atoms with Gasteiger partial charge in [-0.3, -0.25) is 0 Å². The second-order valence-electron chi connectivity index (χ2n) is 4.58. The highest BCUT2D eigenvalue weighted by Crippen LogP contribution is 2.40. The van der Waals surface area contributed by atoms with Crippen LogP contribution in [0.5, 0.6) is 0 Å². The van der Waals surface area contributed by atoms with Crippen molar-refractivity contribution in [1.82, 2.24) is 4.31 Å². The van der Waals surface area contributed by atoms with E-state index in [1.54, 1.807) is 0 Å². The zero-order valence-corrected chi connectivity index (χ0v) is 13.1. The van der Waals surface area contributed by atoms with Gasteiger partial charge in [-0.15, -0.1) is 0 Å². The number of nitrogens with zero attached hydrogens (tertiary/aromatic N) is 1. The maximum absolute atomic E-state index is 13.3. The Morgan fingerprint density at radius 3 is 2.04 bits per heavy atom. The number of hydrogen-bond acceptors (Lipinski definition) is 3. The van der Waals surface area contributed by atoms with E-state index in [4.69, 9.17) is 0 Å². The van der Waals surface area contributed by atoms with E-state index in [2.05, 4.69) is 0 Å². The number of alkyl halides is 3. The van der Waals surface area contributed by atoms with Crippen LogP contribution < -0.4 is 0 Å². The third kappa shape index (κ3) is 3.70. The van der Waals surface area contributed by atoms with Crippen molar-refractivity contribution in [3.05, 3.63) is 52.9 Å². The lowest BCUT2D eigenvalue weighted by Gasteiger charge is -2.29. The molecule has 126 valence electrons. The van der Waals surface area contributed by atoms with E-state index in [0.29, 0.717) is 0 Å². The Kier molecular flexibility index (Phi) is 4.79. The highest BCUT2D eigenvalue weighted by molar-refractivity contribution is 7.91. The van der Waals surface area contributed by atoms with Crippen LogP contribution in [0.3, 0.4) is 0 Å². The van der Waals surface area contributed by atoms with Crippen molar-refractivity contribution >= 4 is 21.4 Å². The minimum atomic E-state index is -4.94. The Bertz CT molecular complexity index is 783. The van der Waals surface area contributed by atoms with Gasteiger partial charge in [0.25, 0.3) is 10.0 Å². The Labute approximate surface area is 133 Å². The van der Waals surface area contributed by atoms with Crippen molar-refractivity contribution < 1.29 is 30.4 Å². The molecular formula is C13H10F5NO2S2. The summed E-state index contributed by atoms with van der Waals surface area (Å²) in [7, 11) is -3.82. The number of sulfonamides is 1. The Balaban J connectivity index is 2.49. The summed E-state index contributed by atoms with van der Waals surface area (Å²) < 4.78 is 90.0. The van der Waals surface area contributed by atoms with Gasteiger partial charge in [-0.1, -0.05) is 23.5 Å². The first-order chi connectivity index (χ1) is 10.5. The highest BCUT2D eigenvalue weighted by Gasteiger charge is 2.47. The molecule has 1 aromatic carbocycles. The number of rotatable bonds is 4. The largest absolute Gasteiger partial charge is 0.409 e. The van der Waals surface area contributed by atoms with Gasteiger partial charge in [0.05, 0.1) is 0 Å². The Hall–Kier alpha value is -1.52. The van der Waals surface area contributed by atoms with Crippen molar-refractivity contribution in [2.75, 3.05) is 7.05 Å². The summed E-state index contributed by atoms with van der Waals surface area (Å²) in [6, 6.07) is 2.55. The first kappa shape index (κ1) is 17.8. The summed E-state index contributed by atoms with van der Waals surface area (Å²) in [4.78, 5) is 0. The second-order valence-corrected chi connectivity index (χ2v) is 7.83. The third-order valence-corrected chi connectivity index (χ3v) is 6.21. The fourth-order valence-electron chi connectivity index (χ4n) is 1.97. The molecule has 1 atom stereocenters. The van der Waals surface area contributed by atoms with E-state index < -0.39 is 43.0 Å². The highest BCUT2D eigenvalue weighted by atomic mass is 32.2. The number of hydrogen-bond donors (Lipinski definition) is 0. The Morgan fingerprint density at radius 2 is 1.61 bits per heavy atom. The fourth-order valence-corrected chi connectivity index (χ4v) is 4.49. The molecule has 0 N–H and O–H groups in total. The molecule has 0 radical (unpaired) electrons. The fraction of sp³-hybridized carbons (Fsp3) is 0.231. The molecule has 0 aliphatic rings. The van der Waals surface area contributed by atoms with Gasteiger partial charge in [0.1, 0.15) is 16.1 Å². The molecule has 23 heavy (non-hydrogen) atoms. The topological polar surface area (TPSA) is 37.4 Å². The molecule has 0 saturated heterocycles. The molecule has 0 spiro atoms. The maximum Gasteiger partial charge on any atom is 0.409 e. The molecule has 0 unspecified atom stereocenters. The zero-order chi connectivity index (χ0) is 17.4. The summed E-state index contributed by atoms with van der Waals surface area (Å²) in [6.45, 7) is 0. The lowest BCUT2D eigenvalue weighted by atomic mass is 10.1. The molecule has 10 heteroatoms. The van der Waals surface area contributed by atoms with E-state index in [-0.39, 0.29) is 15.6 Å². The molecule has 1 aromatic heterocycles. The van der Waals surface area contributed by atoms with Crippen LogP contribution in [0.2, 0.25) is 0 Å². The molecule has 1 heterocycles. The van der Waals surface area contributed by atoms with Crippen LogP contribution in [0.4, 0.5) is 22.0 Å². The Morgan fingerprint density at radius 1 is 1.04 bits per heavy atom. The maximum atomic E-state index is 13.3. The average Bonchev–Trinajstić information content (AvgIpc) is 2.87. The van der Waals surface area contributed by atoms with Crippen LogP contribution in [0.1, 0.15) is 11.6 Å². The quantitative estimate of drug-likeness (QED) is 0.764. The number of thiophene rings is 1. The van der Waals surface area contributed by atoms with E-state index >= 15 is 0 Å². The standard InChI is InChI=1S/C13H10F5NO2S2/c1-19(23(20,21)11-7-6-10(15)22-11)12(13(16,17)18)8-2-4-9(14)5-3-8/h2-7,12H,1H3/t12-/m1/s1. The smallest absolute Gasteiger partial charge is 0.207 e. The minimum Gasteiger partial charge on any atom is -0.207 e. The van der Waals surface area contributed by atoms with Gasteiger partial charge in [-0.05, 0) is 29.8 Å². The summed E-state index contributed by atoms with van der Waals surface area (Å²) >= 11 is 0.225. The zero-order valence-electron chi connectivity index (χ0n) is 11.5. The molecule has 0 aliphatic heterocycles. The van der Waals surface area contributed by atoms with Crippen molar-refractivity contribution in [3.8, 4) is 0 Å². The monoisotopic (exact) mass is 371 g/mol. The minimum absolute atomic E-state index is 0.103. The van der Waals surface area contributed by atoms with Crippen molar-refractivity contribution in [2.24, 2.45) is 0 Å². The van der Waals surface area contributed by atoms with Gasteiger partial charge in [0.15, 0.2) is 5.13 Å². The van der Waals surface area contributed by atoms with E-state index in [0.717, 1.165) is 43.4 Å². The first-order valence-electron chi connectivity index (χ1n) is 6.09. The lowest BCUT2D eigenvalue weighted by molar-refractivity contribution is -0.171. The number of benzene rings is 1. The SMILES string of the molecule is CN([C@H](c1ccc(F)cc1)C(F)(F)F)S(=O)(=O)c1ccc(F)s1. The van der Waals surface area contributed by atoms with Crippen molar-refractivity contribution in [3.63, 3.8) is 0 Å². The molecule has 2 aromatic rings. The van der Waals surface area contributed by atoms with Gasteiger partial charge in [-0.25, -0.2) is 12.8 Å². The molecule has 0 bridgehead atoms. The first-order valence-corrected chi connectivity index (χ1v) is 8.34. The lowest BCUT2D eigenvalue weighted by Crippen LogP contribution is -2.39. The summed E-state index contributed by atoms with van der Waals surface area (Å²) in [5.74, 6) is -0.750. The van der Waals surface area contributed by atoms with Gasteiger partial charge in [0.2, 0.25) is 0 Å². The van der Waals surface area contributed by atoms with E-state index in [1.807, 2.05) is 0 Å². The van der Waals surface area contributed by atoms with Crippen LogP contribution in [0.15, 0.2) is 40.6 Å². The van der Waals surface area contributed by atoms with Crippen LogP contribution >= 0.6 is 11.3 Å². The molecule has 0 amide bonds. The number of halogens is 5. The summed E-state index contributed by atoms with van der Waals surface area (Å²) in [5, 5.41) is -0.831. The van der Waals surface area contributed by atoms with Gasteiger partial charge in [-0.2, -0.15) is 21.9 Å². The van der Waals surface area contributed by atoms with Gasteiger partial charge >= 0.3 is 6.18 Å². The molecule has 0 saturated carbocycles. The van der Waals surface area contributed by atoms with E-state index in [1.165, 1.54) is 0 Å². The van der Waals surface area contributed by atoms with E-state index in [9.17, 15) is 30.4 Å². The average molecular weight is 371 g/mol. The third-order valence-electron chi connectivity index (χ3n) is 3.04. The molecule has 0 aliphatic carbocycles. The predicted molar refractivity (Wildman–Crippen MR) is 74.4 cm³/mol. The van der Waals surface area contributed by atoms with Crippen LogP contribution in [0, 0.1) is 10.9 Å². The molecule has 3 nitrogen and oxygen atoms in total. The normalized spacial score (nSPS) is 14.2. The predicted octanol–water partition coefficient (Wildman–Crippen LogP) is 3.95. The van der Waals surface area contributed by atoms with Gasteiger partial charge < -0.3 is 0 Å². The summed E-state index contributed by atoms with van der Waals surface area (Å²) in [6.07, 6.45) is -4.94. The van der Waals surface area contributed by atoms with Crippen LogP contribution in [-0.4, -0.2) is 25.9 Å². The summed E-state index contributed by atoms with van der Waals surface area (Å²) in [5.41, 5.74) is -0.443. The molecular weight excluding hydrogens is 361 g/mol. The van der Waals surface area contributed by atoms with Crippen LogP contribution in [0.25, 0.3) is 0 Å². The van der Waals surface area contributed by atoms with Gasteiger partial charge in [0, 0.05) is 7.05 Å². The molecule has 2 rings (SSSR count). The van der Waals surface area contributed by atoms with Crippen LogP contribution in [-0.2, 0) is 10.0 Å². The van der Waals surface area contributed by atoms with Crippen molar-refractivity contribution in [1.29, 1.82) is 0 Å². The van der Waals surface area contributed by atoms with Crippen molar-refractivity contribution in [2.45, 2.75) is 16.4 Å².